The summed E-state index contributed by atoms with van der Waals surface area (Å²) in [5, 5.41) is 0. The van der Waals surface area contributed by atoms with Crippen molar-refractivity contribution in [2.24, 2.45) is 0 Å². The number of hydrogen-bond donors (Lipinski definition) is 0. The first-order valence-corrected chi connectivity index (χ1v) is 5.37. The van der Waals surface area contributed by atoms with Gasteiger partial charge in [-0.05, 0) is 25.1 Å². The molecule has 0 heterocycles. The molecular formula is C13H15FO4. The van der Waals surface area contributed by atoms with Crippen molar-refractivity contribution in [3.05, 3.63) is 36.2 Å². The zero-order valence-corrected chi connectivity index (χ0v) is 10.4. The fraction of sp³-hybridized carbons (Fsp3) is 0.308. The van der Waals surface area contributed by atoms with Gasteiger partial charge in [0.05, 0.1) is 12.2 Å². The monoisotopic (exact) mass is 254 g/mol. The second-order valence-corrected chi connectivity index (χ2v) is 3.39. The van der Waals surface area contributed by atoms with Crippen LogP contribution in [0.25, 0.3) is 5.57 Å². The smallest absolute Gasteiger partial charge is 0.338 e. The summed E-state index contributed by atoms with van der Waals surface area (Å²) in [5.74, 6) is -0.776. The first kappa shape index (κ1) is 14.2. The molecule has 0 aliphatic rings. The molecule has 0 saturated heterocycles. The molecule has 0 aliphatic carbocycles. The molecule has 0 unspecified atom stereocenters. The van der Waals surface area contributed by atoms with Gasteiger partial charge in [0.1, 0.15) is 11.6 Å². The highest BCUT2D eigenvalue weighted by molar-refractivity contribution is 6.16. The molecule has 0 aromatic heterocycles. The normalized spacial score (nSPS) is 9.94. The fourth-order valence-corrected chi connectivity index (χ4v) is 1.31. The van der Waals surface area contributed by atoms with Gasteiger partial charge in [-0.15, -0.1) is 0 Å². The van der Waals surface area contributed by atoms with E-state index in [1.165, 1.54) is 25.3 Å². The number of methoxy groups -OCH3 is 1. The lowest BCUT2D eigenvalue weighted by Gasteiger charge is -2.12. The Bertz CT molecular complexity index is 443. The van der Waals surface area contributed by atoms with E-state index in [4.69, 9.17) is 14.2 Å². The molecule has 18 heavy (non-hydrogen) atoms. The minimum atomic E-state index is -0.606. The predicted molar refractivity (Wildman–Crippen MR) is 64.6 cm³/mol. The van der Waals surface area contributed by atoms with Crippen molar-refractivity contribution in [2.45, 2.75) is 6.92 Å². The number of benzene rings is 1. The second kappa shape index (κ2) is 6.76. The summed E-state index contributed by atoms with van der Waals surface area (Å²) in [6.07, 6.45) is 0. The summed E-state index contributed by atoms with van der Waals surface area (Å²) >= 11 is 0. The van der Waals surface area contributed by atoms with E-state index >= 15 is 0 Å². The Kier molecular flexibility index (Phi) is 5.32. The van der Waals surface area contributed by atoms with Crippen LogP contribution in [-0.4, -0.2) is 26.5 Å². The van der Waals surface area contributed by atoms with E-state index in [0.29, 0.717) is 5.75 Å². The number of ether oxygens (including phenoxy) is 3. The van der Waals surface area contributed by atoms with E-state index in [0.717, 1.165) is 0 Å². The predicted octanol–water partition coefficient (Wildman–Crippen LogP) is 2.38. The summed E-state index contributed by atoms with van der Waals surface area (Å²) in [6.45, 7) is 5.49. The Morgan fingerprint density at radius 1 is 1.44 bits per heavy atom. The van der Waals surface area contributed by atoms with Crippen LogP contribution in [0.1, 0.15) is 12.5 Å². The Balaban J connectivity index is 3.00. The lowest BCUT2D eigenvalue weighted by molar-refractivity contribution is -0.136. The van der Waals surface area contributed by atoms with Crippen molar-refractivity contribution in [1.82, 2.24) is 0 Å². The average Bonchev–Trinajstić information content (AvgIpc) is 2.36. The zero-order chi connectivity index (χ0) is 13.5. The van der Waals surface area contributed by atoms with Gasteiger partial charge in [0.15, 0.2) is 6.79 Å². The Morgan fingerprint density at radius 3 is 2.78 bits per heavy atom. The van der Waals surface area contributed by atoms with Gasteiger partial charge in [-0.25, -0.2) is 9.18 Å². The summed E-state index contributed by atoms with van der Waals surface area (Å²) in [5.41, 5.74) is 0.299. The van der Waals surface area contributed by atoms with Crippen LogP contribution in [0.4, 0.5) is 4.39 Å². The molecule has 0 aliphatic heterocycles. The molecule has 5 heteroatoms. The number of hydrogen-bond acceptors (Lipinski definition) is 4. The van der Waals surface area contributed by atoms with E-state index in [1.807, 2.05) is 0 Å². The third-order valence-electron chi connectivity index (χ3n) is 2.12. The van der Waals surface area contributed by atoms with Gasteiger partial charge >= 0.3 is 5.97 Å². The van der Waals surface area contributed by atoms with E-state index < -0.39 is 11.8 Å². The second-order valence-electron chi connectivity index (χ2n) is 3.39. The molecule has 1 aromatic carbocycles. The van der Waals surface area contributed by atoms with Crippen molar-refractivity contribution in [3.8, 4) is 5.75 Å². The van der Waals surface area contributed by atoms with E-state index in [9.17, 15) is 9.18 Å². The summed E-state index contributed by atoms with van der Waals surface area (Å²) in [6, 6.07) is 3.81. The van der Waals surface area contributed by atoms with Gasteiger partial charge in [-0.3, -0.25) is 0 Å². The van der Waals surface area contributed by atoms with Gasteiger partial charge in [0.25, 0.3) is 0 Å². The molecule has 1 aromatic rings. The Hall–Kier alpha value is -1.88. The number of rotatable bonds is 6. The van der Waals surface area contributed by atoms with Gasteiger partial charge < -0.3 is 14.2 Å². The van der Waals surface area contributed by atoms with E-state index in [2.05, 4.69) is 6.58 Å². The highest BCUT2D eigenvalue weighted by atomic mass is 19.1. The van der Waals surface area contributed by atoms with Crippen LogP contribution in [0.5, 0.6) is 5.75 Å². The molecule has 0 radical (unpaired) electrons. The number of carbonyl (C=O) groups is 1. The molecule has 0 saturated carbocycles. The van der Waals surface area contributed by atoms with Gasteiger partial charge in [-0.2, -0.15) is 0 Å². The maximum atomic E-state index is 13.2. The first-order chi connectivity index (χ1) is 8.60. The van der Waals surface area contributed by atoms with Gasteiger partial charge in [-0.1, -0.05) is 6.58 Å². The molecule has 0 bridgehead atoms. The number of halogens is 1. The van der Waals surface area contributed by atoms with Crippen LogP contribution in [0.3, 0.4) is 0 Å². The van der Waals surface area contributed by atoms with Crippen LogP contribution < -0.4 is 4.74 Å². The minimum Gasteiger partial charge on any atom is -0.467 e. The molecule has 0 N–H and O–H groups in total. The van der Waals surface area contributed by atoms with E-state index in [1.54, 1.807) is 6.92 Å². The van der Waals surface area contributed by atoms with Crippen molar-refractivity contribution in [2.75, 3.05) is 20.5 Å². The number of esters is 1. The Labute approximate surface area is 105 Å². The van der Waals surface area contributed by atoms with Crippen LogP contribution in [0.15, 0.2) is 24.8 Å². The molecule has 0 fully saturated rings. The zero-order valence-electron chi connectivity index (χ0n) is 10.4. The summed E-state index contributed by atoms with van der Waals surface area (Å²) in [4.78, 5) is 11.5. The molecule has 0 atom stereocenters. The Morgan fingerprint density at radius 2 is 2.17 bits per heavy atom. The highest BCUT2D eigenvalue weighted by Gasteiger charge is 2.16. The topological polar surface area (TPSA) is 44.8 Å². The van der Waals surface area contributed by atoms with Crippen LogP contribution in [0.2, 0.25) is 0 Å². The van der Waals surface area contributed by atoms with Crippen molar-refractivity contribution in [3.63, 3.8) is 0 Å². The SMILES string of the molecule is C=C(C(=O)OCC)c1cc(F)ccc1OCOC. The summed E-state index contributed by atoms with van der Waals surface area (Å²) in [7, 11) is 1.46. The highest BCUT2D eigenvalue weighted by Crippen LogP contribution is 2.27. The third kappa shape index (κ3) is 3.56. The van der Waals surface area contributed by atoms with E-state index in [-0.39, 0.29) is 24.5 Å². The molecular weight excluding hydrogens is 239 g/mol. The molecule has 98 valence electrons. The van der Waals surface area contributed by atoms with Gasteiger partial charge in [0, 0.05) is 12.7 Å². The van der Waals surface area contributed by atoms with Crippen molar-refractivity contribution < 1.29 is 23.4 Å². The lowest BCUT2D eigenvalue weighted by Crippen LogP contribution is -2.08. The van der Waals surface area contributed by atoms with Crippen molar-refractivity contribution >= 4 is 11.5 Å². The van der Waals surface area contributed by atoms with Crippen molar-refractivity contribution in [1.29, 1.82) is 0 Å². The quantitative estimate of drug-likeness (QED) is 0.444. The van der Waals surface area contributed by atoms with Crippen LogP contribution in [0, 0.1) is 5.82 Å². The first-order valence-electron chi connectivity index (χ1n) is 5.37. The molecule has 0 spiro atoms. The van der Waals surface area contributed by atoms with Crippen LogP contribution >= 0.6 is 0 Å². The molecule has 1 rings (SSSR count). The summed E-state index contributed by atoms with van der Waals surface area (Å²) < 4.78 is 28.0. The standard InChI is InChI=1S/C13H15FO4/c1-4-17-13(15)9(2)11-7-10(14)5-6-12(11)18-8-16-3/h5-7H,2,4,8H2,1,3H3. The maximum absolute atomic E-state index is 13.2. The number of carbonyl (C=O) groups excluding carboxylic acids is 1. The molecule has 4 nitrogen and oxygen atoms in total. The maximum Gasteiger partial charge on any atom is 0.338 e. The van der Waals surface area contributed by atoms with Crippen LogP contribution in [-0.2, 0) is 14.3 Å². The average molecular weight is 254 g/mol. The lowest BCUT2D eigenvalue weighted by atomic mass is 10.1. The third-order valence-corrected chi connectivity index (χ3v) is 2.12. The fourth-order valence-electron chi connectivity index (χ4n) is 1.31. The van der Waals surface area contributed by atoms with Gasteiger partial charge in [0.2, 0.25) is 0 Å². The molecule has 0 amide bonds. The largest absolute Gasteiger partial charge is 0.467 e. The minimum absolute atomic E-state index is 0.00522.